The molecule has 1 saturated heterocycles. The summed E-state index contributed by atoms with van der Waals surface area (Å²) < 4.78 is 25.9. The second-order valence-electron chi connectivity index (χ2n) is 9.05. The number of halogens is 1. The van der Waals surface area contributed by atoms with Crippen molar-refractivity contribution in [2.45, 2.75) is 31.8 Å². The van der Waals surface area contributed by atoms with Crippen LogP contribution in [0.5, 0.6) is 11.5 Å². The number of aromatic nitrogens is 2. The second kappa shape index (κ2) is 9.96. The number of amides is 2. The van der Waals surface area contributed by atoms with Gasteiger partial charge in [0.1, 0.15) is 12.4 Å². The third-order valence-corrected chi connectivity index (χ3v) is 6.79. The first-order valence-electron chi connectivity index (χ1n) is 12.1. The highest BCUT2D eigenvalue weighted by molar-refractivity contribution is 6.06. The molecule has 0 radical (unpaired) electrons. The number of rotatable bonds is 8. The van der Waals surface area contributed by atoms with Crippen molar-refractivity contribution < 1.29 is 23.5 Å². The Balaban J connectivity index is 1.52. The van der Waals surface area contributed by atoms with E-state index in [-0.39, 0.29) is 36.3 Å². The normalized spacial score (nSPS) is 18.4. The van der Waals surface area contributed by atoms with Crippen LogP contribution in [0.2, 0.25) is 0 Å². The molecule has 2 aliphatic heterocycles. The quantitative estimate of drug-likeness (QED) is 0.402. The van der Waals surface area contributed by atoms with Crippen molar-refractivity contribution in [1.82, 2.24) is 20.2 Å². The molecule has 1 fully saturated rings. The van der Waals surface area contributed by atoms with Gasteiger partial charge in [0.2, 0.25) is 5.91 Å². The van der Waals surface area contributed by atoms with Crippen LogP contribution in [0, 0.1) is 5.82 Å². The van der Waals surface area contributed by atoms with Gasteiger partial charge in [-0.3, -0.25) is 14.6 Å². The number of benzene rings is 1. The number of aromatic amines is 1. The highest BCUT2D eigenvalue weighted by Crippen LogP contribution is 2.42. The van der Waals surface area contributed by atoms with Gasteiger partial charge < -0.3 is 30.0 Å². The van der Waals surface area contributed by atoms with Crippen LogP contribution < -0.4 is 20.1 Å². The zero-order valence-corrected chi connectivity index (χ0v) is 20.6. The van der Waals surface area contributed by atoms with Crippen molar-refractivity contribution in [3.8, 4) is 22.8 Å². The number of pyridine rings is 1. The first-order valence-corrected chi connectivity index (χ1v) is 12.1. The average Bonchev–Trinajstić information content (AvgIpc) is 3.25. The summed E-state index contributed by atoms with van der Waals surface area (Å²) in [4.78, 5) is 34.5. The predicted octanol–water partition coefficient (Wildman–Crippen LogP) is 3.81. The van der Waals surface area contributed by atoms with Gasteiger partial charge in [0.25, 0.3) is 5.91 Å². The number of methoxy groups -OCH3 is 1. The van der Waals surface area contributed by atoms with Crippen LogP contribution in [0.4, 0.5) is 15.8 Å². The molecule has 0 bridgehead atoms. The lowest BCUT2D eigenvalue weighted by Gasteiger charge is -2.46. The molecule has 0 spiro atoms. The minimum Gasteiger partial charge on any atom is -0.492 e. The molecule has 1 aromatic carbocycles. The maximum atomic E-state index is 14.4. The van der Waals surface area contributed by atoms with E-state index in [9.17, 15) is 14.0 Å². The number of para-hydroxylation sites is 1. The van der Waals surface area contributed by atoms with Gasteiger partial charge in [-0.2, -0.15) is 0 Å². The summed E-state index contributed by atoms with van der Waals surface area (Å²) in [6.45, 7) is 6.36. The fourth-order valence-corrected chi connectivity index (χ4v) is 5.04. The lowest BCUT2D eigenvalue weighted by atomic mass is 9.94. The Morgan fingerprint density at radius 2 is 2.22 bits per heavy atom. The summed E-state index contributed by atoms with van der Waals surface area (Å²) >= 11 is 0. The fraction of sp³-hybridized carbons (Fsp3) is 0.296. The summed E-state index contributed by atoms with van der Waals surface area (Å²) in [6.07, 6.45) is 5.97. The third-order valence-electron chi connectivity index (χ3n) is 6.79. The number of carbonyl (C=O) groups excluding carboxylic acids is 2. The average molecular weight is 506 g/mol. The standard InChI is InChI=1S/C27H28FN5O4/c1-4-22(34)33-15(2)12-16(33)14-37-21-13-29-10-8-17(21)24-25(23-19(31-24)9-11-30-27(23)35)32-20-7-5-6-18(28)26(20)36-3/h4-8,10,13,15-16,31-32H,1,9,11-12,14H2,2-3H3,(H,30,35)/t15-,16+/m1/s1. The van der Waals surface area contributed by atoms with Crippen LogP contribution in [0.3, 0.4) is 0 Å². The molecular formula is C27H28FN5O4. The molecule has 10 heteroatoms. The van der Waals surface area contributed by atoms with Crippen LogP contribution in [0.1, 0.15) is 29.4 Å². The lowest BCUT2D eigenvalue weighted by Crippen LogP contribution is -2.59. The van der Waals surface area contributed by atoms with E-state index in [1.165, 1.54) is 19.3 Å². The molecular weight excluding hydrogens is 477 g/mol. The van der Waals surface area contributed by atoms with Gasteiger partial charge >= 0.3 is 0 Å². The number of carbonyl (C=O) groups is 2. The Hall–Kier alpha value is -4.34. The van der Waals surface area contributed by atoms with Crippen molar-refractivity contribution in [2.24, 2.45) is 0 Å². The summed E-state index contributed by atoms with van der Waals surface area (Å²) in [7, 11) is 1.39. The smallest absolute Gasteiger partial charge is 0.255 e. The van der Waals surface area contributed by atoms with Gasteiger partial charge in [0.15, 0.2) is 11.6 Å². The van der Waals surface area contributed by atoms with Crippen molar-refractivity contribution >= 4 is 23.2 Å². The number of hydrogen-bond donors (Lipinski definition) is 3. The Kier molecular flexibility index (Phi) is 6.56. The second-order valence-corrected chi connectivity index (χ2v) is 9.05. The van der Waals surface area contributed by atoms with Gasteiger partial charge in [0.05, 0.1) is 42.0 Å². The molecule has 2 atom stereocenters. The highest BCUT2D eigenvalue weighted by atomic mass is 19.1. The number of ether oxygens (including phenoxy) is 2. The molecule has 3 aromatic rings. The van der Waals surface area contributed by atoms with E-state index < -0.39 is 5.82 Å². The predicted molar refractivity (Wildman–Crippen MR) is 137 cm³/mol. The van der Waals surface area contributed by atoms with Gasteiger partial charge in [-0.15, -0.1) is 0 Å². The number of hydrogen-bond acceptors (Lipinski definition) is 6. The van der Waals surface area contributed by atoms with E-state index in [1.807, 2.05) is 6.92 Å². The van der Waals surface area contributed by atoms with Crippen LogP contribution in [0.25, 0.3) is 11.3 Å². The van der Waals surface area contributed by atoms with Crippen LogP contribution in [0.15, 0.2) is 49.3 Å². The fourth-order valence-electron chi connectivity index (χ4n) is 5.04. The molecule has 2 aromatic heterocycles. The molecule has 2 aliphatic rings. The van der Waals surface area contributed by atoms with Crippen molar-refractivity contribution in [3.05, 3.63) is 66.4 Å². The minimum atomic E-state index is -0.524. The van der Waals surface area contributed by atoms with E-state index >= 15 is 0 Å². The Bertz CT molecular complexity index is 1370. The largest absolute Gasteiger partial charge is 0.492 e. The molecule has 2 amide bonds. The summed E-state index contributed by atoms with van der Waals surface area (Å²) in [6, 6.07) is 6.38. The first kappa shape index (κ1) is 24.4. The van der Waals surface area contributed by atoms with Crippen molar-refractivity contribution in [3.63, 3.8) is 0 Å². The maximum Gasteiger partial charge on any atom is 0.255 e. The molecule has 5 rings (SSSR count). The number of likely N-dealkylation sites (tertiary alicyclic amines) is 1. The summed E-state index contributed by atoms with van der Waals surface area (Å²) in [5.74, 6) is -0.361. The van der Waals surface area contributed by atoms with Gasteiger partial charge in [-0.25, -0.2) is 4.39 Å². The third kappa shape index (κ3) is 4.39. The minimum absolute atomic E-state index is 0.0388. The van der Waals surface area contributed by atoms with Crippen LogP contribution in [-0.2, 0) is 11.2 Å². The number of nitrogens with zero attached hydrogens (tertiary/aromatic N) is 2. The maximum absolute atomic E-state index is 14.4. The number of anilines is 2. The monoisotopic (exact) mass is 505 g/mol. The van der Waals surface area contributed by atoms with Crippen LogP contribution >= 0.6 is 0 Å². The Labute approximate surface area is 213 Å². The Morgan fingerprint density at radius 3 is 2.97 bits per heavy atom. The molecule has 0 saturated carbocycles. The highest BCUT2D eigenvalue weighted by Gasteiger charge is 2.38. The topological polar surface area (TPSA) is 109 Å². The van der Waals surface area contributed by atoms with E-state index in [1.54, 1.807) is 35.5 Å². The Morgan fingerprint density at radius 1 is 1.38 bits per heavy atom. The zero-order chi connectivity index (χ0) is 26.1. The number of H-pyrrole nitrogens is 1. The molecule has 37 heavy (non-hydrogen) atoms. The van der Waals surface area contributed by atoms with Gasteiger partial charge in [-0.05, 0) is 37.6 Å². The summed E-state index contributed by atoms with van der Waals surface area (Å²) in [5, 5.41) is 6.09. The molecule has 0 aliphatic carbocycles. The first-order chi connectivity index (χ1) is 17.9. The zero-order valence-electron chi connectivity index (χ0n) is 20.6. The van der Waals surface area contributed by atoms with E-state index in [4.69, 9.17) is 9.47 Å². The van der Waals surface area contributed by atoms with E-state index in [0.717, 1.165) is 12.1 Å². The van der Waals surface area contributed by atoms with Gasteiger partial charge in [0, 0.05) is 36.5 Å². The molecule has 4 heterocycles. The van der Waals surface area contributed by atoms with E-state index in [2.05, 4.69) is 27.2 Å². The number of fused-ring (bicyclic) bond motifs is 1. The summed E-state index contributed by atoms with van der Waals surface area (Å²) in [5.41, 5.74) is 3.34. The molecule has 0 unspecified atom stereocenters. The number of nitrogens with one attached hydrogen (secondary N) is 3. The van der Waals surface area contributed by atoms with E-state index in [0.29, 0.717) is 46.9 Å². The molecule has 192 valence electrons. The van der Waals surface area contributed by atoms with Crippen LogP contribution in [-0.4, -0.2) is 59.0 Å². The van der Waals surface area contributed by atoms with Gasteiger partial charge in [-0.1, -0.05) is 12.6 Å². The molecule has 3 N–H and O–H groups in total. The van der Waals surface area contributed by atoms with Crippen molar-refractivity contribution in [1.29, 1.82) is 0 Å². The lowest BCUT2D eigenvalue weighted by molar-refractivity contribution is -0.139. The van der Waals surface area contributed by atoms with Crippen molar-refractivity contribution in [2.75, 3.05) is 25.6 Å². The molecule has 9 nitrogen and oxygen atoms in total. The SMILES string of the molecule is C=CC(=O)N1[C@H](COc2cnccc2-c2[nH]c3c(c2Nc2cccc(F)c2OC)C(=O)NCC3)C[C@H]1C.